The van der Waals surface area contributed by atoms with Crippen LogP contribution in [0.15, 0.2) is 12.5 Å². The fraction of sp³-hybridized carbons (Fsp3) is 0.615. The molecule has 2 aromatic rings. The molecule has 0 radical (unpaired) electrons. The molecule has 2 rings (SSSR count). The van der Waals surface area contributed by atoms with Crippen molar-refractivity contribution in [3.05, 3.63) is 12.5 Å². The van der Waals surface area contributed by atoms with Gasteiger partial charge in [0, 0.05) is 26.4 Å². The van der Waals surface area contributed by atoms with Gasteiger partial charge in [0.1, 0.15) is 12.1 Å². The molecule has 0 bridgehead atoms. The van der Waals surface area contributed by atoms with Crippen LogP contribution in [-0.4, -0.2) is 38.0 Å². The van der Waals surface area contributed by atoms with Gasteiger partial charge in [0.2, 0.25) is 0 Å². The van der Waals surface area contributed by atoms with Gasteiger partial charge in [0.05, 0.1) is 5.39 Å². The fourth-order valence-corrected chi connectivity index (χ4v) is 1.94. The molecule has 6 heteroatoms. The van der Waals surface area contributed by atoms with Crippen molar-refractivity contribution in [1.29, 1.82) is 0 Å². The number of nitrogens with zero attached hydrogens (tertiary/aromatic N) is 4. The molecular formula is C13H21N5O. The summed E-state index contributed by atoms with van der Waals surface area (Å²) in [5, 5.41) is 17.7. The van der Waals surface area contributed by atoms with E-state index in [1.54, 1.807) is 4.68 Å². The molecule has 2 N–H and O–H groups in total. The zero-order chi connectivity index (χ0) is 13.9. The quantitative estimate of drug-likeness (QED) is 0.774. The number of rotatable bonds is 6. The molecule has 0 atom stereocenters. The second-order valence-corrected chi connectivity index (χ2v) is 5.61. The second kappa shape index (κ2) is 5.52. The van der Waals surface area contributed by atoms with Crippen molar-refractivity contribution in [2.45, 2.75) is 26.7 Å². The van der Waals surface area contributed by atoms with Gasteiger partial charge in [-0.2, -0.15) is 5.10 Å². The first-order valence-corrected chi connectivity index (χ1v) is 6.51. The standard InChI is InChI=1S/C13H21N5O/c1-13(2,8-19)5-4-6-14-11-10-7-18(3)17-12(10)16-9-15-11/h7,9,19H,4-6,8H2,1-3H3,(H,14,15,16,17). The molecular weight excluding hydrogens is 242 g/mol. The van der Waals surface area contributed by atoms with Gasteiger partial charge < -0.3 is 10.4 Å². The average molecular weight is 263 g/mol. The first kappa shape index (κ1) is 13.7. The molecule has 104 valence electrons. The Labute approximate surface area is 112 Å². The van der Waals surface area contributed by atoms with Crippen LogP contribution in [-0.2, 0) is 7.05 Å². The summed E-state index contributed by atoms with van der Waals surface area (Å²) >= 11 is 0. The highest BCUT2D eigenvalue weighted by molar-refractivity contribution is 5.85. The third-order valence-corrected chi connectivity index (χ3v) is 3.18. The first-order chi connectivity index (χ1) is 9.02. The van der Waals surface area contributed by atoms with Crippen LogP contribution in [0.4, 0.5) is 5.82 Å². The zero-order valence-corrected chi connectivity index (χ0v) is 11.7. The third-order valence-electron chi connectivity index (χ3n) is 3.18. The minimum Gasteiger partial charge on any atom is -0.396 e. The highest BCUT2D eigenvalue weighted by Gasteiger charge is 2.15. The van der Waals surface area contributed by atoms with E-state index in [0.717, 1.165) is 30.6 Å². The number of aliphatic hydroxyl groups is 1. The van der Waals surface area contributed by atoms with Gasteiger partial charge in [-0.05, 0) is 18.3 Å². The van der Waals surface area contributed by atoms with Gasteiger partial charge in [-0.25, -0.2) is 9.97 Å². The number of hydrogen-bond donors (Lipinski definition) is 2. The smallest absolute Gasteiger partial charge is 0.186 e. The van der Waals surface area contributed by atoms with E-state index in [2.05, 4.69) is 34.2 Å². The second-order valence-electron chi connectivity index (χ2n) is 5.61. The van der Waals surface area contributed by atoms with Crippen LogP contribution >= 0.6 is 0 Å². The van der Waals surface area contributed by atoms with E-state index in [4.69, 9.17) is 0 Å². The first-order valence-electron chi connectivity index (χ1n) is 6.51. The molecule has 2 heterocycles. The summed E-state index contributed by atoms with van der Waals surface area (Å²) in [5.74, 6) is 0.819. The molecule has 0 aromatic carbocycles. The van der Waals surface area contributed by atoms with E-state index in [-0.39, 0.29) is 12.0 Å². The maximum absolute atomic E-state index is 9.20. The van der Waals surface area contributed by atoms with Gasteiger partial charge in [-0.1, -0.05) is 13.8 Å². The maximum Gasteiger partial charge on any atom is 0.186 e. The van der Waals surface area contributed by atoms with Crippen LogP contribution in [0.1, 0.15) is 26.7 Å². The molecule has 19 heavy (non-hydrogen) atoms. The monoisotopic (exact) mass is 263 g/mol. The van der Waals surface area contributed by atoms with Crippen LogP contribution in [0.3, 0.4) is 0 Å². The van der Waals surface area contributed by atoms with Crippen LogP contribution in [0.2, 0.25) is 0 Å². The molecule has 0 aliphatic rings. The molecule has 0 aliphatic carbocycles. The fourth-order valence-electron chi connectivity index (χ4n) is 1.94. The summed E-state index contributed by atoms with van der Waals surface area (Å²) in [7, 11) is 1.87. The maximum atomic E-state index is 9.20. The van der Waals surface area contributed by atoms with E-state index in [1.807, 2.05) is 13.2 Å². The number of fused-ring (bicyclic) bond motifs is 1. The SMILES string of the molecule is Cn1cc2c(NCCCC(C)(C)CO)ncnc2n1. The summed E-state index contributed by atoms with van der Waals surface area (Å²) in [5.41, 5.74) is 0.687. The number of nitrogens with one attached hydrogen (secondary N) is 1. The molecule has 0 saturated carbocycles. The summed E-state index contributed by atoms with van der Waals surface area (Å²) in [6.45, 7) is 5.17. The van der Waals surface area contributed by atoms with Crippen molar-refractivity contribution in [3.8, 4) is 0 Å². The Bertz CT molecular complexity index is 549. The highest BCUT2D eigenvalue weighted by Crippen LogP contribution is 2.22. The summed E-state index contributed by atoms with van der Waals surface area (Å²) in [6, 6.07) is 0. The van der Waals surface area contributed by atoms with Crippen molar-refractivity contribution in [2.75, 3.05) is 18.5 Å². The summed E-state index contributed by atoms with van der Waals surface area (Å²) < 4.78 is 1.74. The van der Waals surface area contributed by atoms with Crippen LogP contribution in [0.25, 0.3) is 11.0 Å². The number of hydrogen-bond acceptors (Lipinski definition) is 5. The lowest BCUT2D eigenvalue weighted by molar-refractivity contribution is 0.149. The lowest BCUT2D eigenvalue weighted by atomic mass is 9.89. The Morgan fingerprint density at radius 3 is 2.89 bits per heavy atom. The van der Waals surface area contributed by atoms with E-state index >= 15 is 0 Å². The van der Waals surface area contributed by atoms with E-state index in [1.165, 1.54) is 6.33 Å². The van der Waals surface area contributed by atoms with Gasteiger partial charge in [0.25, 0.3) is 0 Å². The van der Waals surface area contributed by atoms with Crippen molar-refractivity contribution in [3.63, 3.8) is 0 Å². The number of anilines is 1. The Hall–Kier alpha value is -1.69. The molecule has 0 aliphatic heterocycles. The van der Waals surface area contributed by atoms with Crippen LogP contribution in [0, 0.1) is 5.41 Å². The van der Waals surface area contributed by atoms with Crippen molar-refractivity contribution in [1.82, 2.24) is 19.7 Å². The molecule has 0 amide bonds. The van der Waals surface area contributed by atoms with Crippen molar-refractivity contribution < 1.29 is 5.11 Å². The Kier molecular flexibility index (Phi) is 3.99. The Balaban J connectivity index is 1.95. The molecule has 6 nitrogen and oxygen atoms in total. The van der Waals surface area contributed by atoms with Crippen LogP contribution < -0.4 is 5.32 Å². The van der Waals surface area contributed by atoms with Crippen molar-refractivity contribution >= 4 is 16.9 Å². The van der Waals surface area contributed by atoms with Gasteiger partial charge in [-0.3, -0.25) is 4.68 Å². The molecule has 2 aromatic heterocycles. The lowest BCUT2D eigenvalue weighted by Gasteiger charge is -2.21. The largest absolute Gasteiger partial charge is 0.396 e. The lowest BCUT2D eigenvalue weighted by Crippen LogP contribution is -2.18. The van der Waals surface area contributed by atoms with Crippen LogP contribution in [0.5, 0.6) is 0 Å². The van der Waals surface area contributed by atoms with Gasteiger partial charge in [0.15, 0.2) is 5.65 Å². The highest BCUT2D eigenvalue weighted by atomic mass is 16.3. The normalized spacial score (nSPS) is 12.0. The predicted molar refractivity (Wildman–Crippen MR) is 74.9 cm³/mol. The Morgan fingerprint density at radius 1 is 1.37 bits per heavy atom. The molecule has 0 saturated heterocycles. The minimum absolute atomic E-state index is 0.0169. The van der Waals surface area contributed by atoms with Gasteiger partial charge in [-0.15, -0.1) is 0 Å². The summed E-state index contributed by atoms with van der Waals surface area (Å²) in [6.07, 6.45) is 5.39. The average Bonchev–Trinajstić information content (AvgIpc) is 2.75. The Morgan fingerprint density at radius 2 is 2.16 bits per heavy atom. The van der Waals surface area contributed by atoms with E-state index < -0.39 is 0 Å². The molecule has 0 fully saturated rings. The predicted octanol–water partition coefficient (Wildman–Crippen LogP) is 1.57. The van der Waals surface area contributed by atoms with Gasteiger partial charge >= 0.3 is 0 Å². The van der Waals surface area contributed by atoms with E-state index in [9.17, 15) is 5.11 Å². The topological polar surface area (TPSA) is 75.9 Å². The van der Waals surface area contributed by atoms with Crippen molar-refractivity contribution in [2.24, 2.45) is 12.5 Å². The van der Waals surface area contributed by atoms with E-state index in [0.29, 0.717) is 5.65 Å². The third kappa shape index (κ3) is 3.41. The molecule has 0 unspecified atom stereocenters. The number of aliphatic hydroxyl groups excluding tert-OH is 1. The minimum atomic E-state index is -0.0169. The number of aryl methyl sites for hydroxylation is 1. The summed E-state index contributed by atoms with van der Waals surface area (Å²) in [4.78, 5) is 8.38. The molecule has 0 spiro atoms. The zero-order valence-electron chi connectivity index (χ0n) is 11.7. The number of aromatic nitrogens is 4.